The Labute approximate surface area is 143 Å². The molecule has 0 saturated heterocycles. The number of nitrogens with one attached hydrogen (secondary N) is 2. The molecule has 7 nitrogen and oxygen atoms in total. The minimum atomic E-state index is -0.618. The molecule has 2 aromatic rings. The molecule has 0 aliphatic heterocycles. The predicted octanol–water partition coefficient (Wildman–Crippen LogP) is 2.06. The summed E-state index contributed by atoms with van der Waals surface area (Å²) in [6.45, 7) is 6.97. The third-order valence-electron chi connectivity index (χ3n) is 3.79. The number of ether oxygens (including phenoxy) is 1. The van der Waals surface area contributed by atoms with Gasteiger partial charge < -0.3 is 15.0 Å². The van der Waals surface area contributed by atoms with E-state index in [0.717, 1.165) is 24.2 Å². The van der Waals surface area contributed by atoms with Gasteiger partial charge in [-0.1, -0.05) is 13.8 Å². The van der Waals surface area contributed by atoms with Gasteiger partial charge in [-0.05, 0) is 32.3 Å². The molecule has 2 heterocycles. The minimum Gasteiger partial charge on any atom is -0.451 e. The molecule has 0 aliphatic rings. The first kappa shape index (κ1) is 18.1. The van der Waals surface area contributed by atoms with E-state index in [-0.39, 0.29) is 24.1 Å². The van der Waals surface area contributed by atoms with Gasteiger partial charge in [0.2, 0.25) is 0 Å². The highest BCUT2D eigenvalue weighted by Gasteiger charge is 2.21. The lowest BCUT2D eigenvalue weighted by atomic mass is 10.2. The van der Waals surface area contributed by atoms with Gasteiger partial charge in [-0.2, -0.15) is 0 Å². The van der Waals surface area contributed by atoms with Crippen LogP contribution in [0.25, 0.3) is 10.2 Å². The topological polar surface area (TPSA) is 101 Å². The molecule has 2 N–H and O–H groups in total. The molecule has 0 fully saturated rings. The van der Waals surface area contributed by atoms with Crippen molar-refractivity contribution in [2.45, 2.75) is 46.6 Å². The summed E-state index contributed by atoms with van der Waals surface area (Å²) in [5.41, 5.74) is 0.242. The first-order valence-electron chi connectivity index (χ1n) is 7.83. The van der Waals surface area contributed by atoms with Crippen molar-refractivity contribution in [1.29, 1.82) is 0 Å². The Hall–Kier alpha value is -2.22. The molecule has 0 saturated carbocycles. The monoisotopic (exact) mass is 351 g/mol. The van der Waals surface area contributed by atoms with Crippen molar-refractivity contribution in [3.8, 4) is 0 Å². The van der Waals surface area contributed by atoms with Crippen molar-refractivity contribution in [2.75, 3.05) is 6.61 Å². The van der Waals surface area contributed by atoms with Gasteiger partial charge in [0, 0.05) is 6.04 Å². The van der Waals surface area contributed by atoms with Crippen LogP contribution >= 0.6 is 11.3 Å². The molecule has 0 radical (unpaired) electrons. The summed E-state index contributed by atoms with van der Waals surface area (Å²) >= 11 is 1.10. The zero-order valence-corrected chi connectivity index (χ0v) is 15.0. The smallest absolute Gasteiger partial charge is 0.349 e. The van der Waals surface area contributed by atoms with Crippen molar-refractivity contribution in [3.63, 3.8) is 0 Å². The summed E-state index contributed by atoms with van der Waals surface area (Å²) in [7, 11) is 0. The van der Waals surface area contributed by atoms with Crippen molar-refractivity contribution >= 4 is 33.4 Å². The van der Waals surface area contributed by atoms with Gasteiger partial charge in [0.1, 0.15) is 15.5 Å². The lowest BCUT2D eigenvalue weighted by Crippen LogP contribution is -2.36. The Morgan fingerprint density at radius 2 is 1.96 bits per heavy atom. The van der Waals surface area contributed by atoms with Gasteiger partial charge in [-0.3, -0.25) is 9.59 Å². The number of hydrogen-bond donors (Lipinski definition) is 2. The fourth-order valence-corrected chi connectivity index (χ4v) is 3.53. The highest BCUT2D eigenvalue weighted by Crippen LogP contribution is 2.27. The number of rotatable bonds is 6. The fourth-order valence-electron chi connectivity index (χ4n) is 2.40. The Kier molecular flexibility index (Phi) is 5.71. The second-order valence-electron chi connectivity index (χ2n) is 5.54. The molecule has 0 atom stereocenters. The van der Waals surface area contributed by atoms with Crippen LogP contribution in [-0.4, -0.2) is 34.5 Å². The molecule has 2 aromatic heterocycles. The van der Waals surface area contributed by atoms with Crippen LogP contribution < -0.4 is 10.9 Å². The molecule has 0 bridgehead atoms. The van der Waals surface area contributed by atoms with Crippen LogP contribution in [0, 0.1) is 13.8 Å². The lowest BCUT2D eigenvalue weighted by molar-refractivity contribution is -0.125. The zero-order chi connectivity index (χ0) is 17.9. The van der Waals surface area contributed by atoms with E-state index >= 15 is 0 Å². The number of amides is 1. The summed E-state index contributed by atoms with van der Waals surface area (Å²) in [5, 5.41) is 3.19. The van der Waals surface area contributed by atoms with Gasteiger partial charge in [-0.15, -0.1) is 11.3 Å². The van der Waals surface area contributed by atoms with Crippen LogP contribution in [0.2, 0.25) is 0 Å². The van der Waals surface area contributed by atoms with E-state index in [2.05, 4.69) is 15.3 Å². The van der Waals surface area contributed by atoms with Crippen LogP contribution in [-0.2, 0) is 9.53 Å². The van der Waals surface area contributed by atoms with E-state index in [1.165, 1.54) is 0 Å². The van der Waals surface area contributed by atoms with E-state index in [1.807, 2.05) is 13.8 Å². The number of aromatic amines is 1. The number of carbonyl (C=O) groups is 2. The van der Waals surface area contributed by atoms with Crippen molar-refractivity contribution in [2.24, 2.45) is 0 Å². The van der Waals surface area contributed by atoms with Crippen LogP contribution in [0.15, 0.2) is 4.79 Å². The SMILES string of the molecule is CCC(CC)NC(=O)COC(=O)c1sc2nc(C)[nH]c(=O)c2c1C. The highest BCUT2D eigenvalue weighted by atomic mass is 32.1. The third kappa shape index (κ3) is 3.81. The number of thiophene rings is 1. The van der Waals surface area contributed by atoms with Gasteiger partial charge in [0.05, 0.1) is 5.39 Å². The van der Waals surface area contributed by atoms with Crippen molar-refractivity contribution < 1.29 is 14.3 Å². The van der Waals surface area contributed by atoms with E-state index in [9.17, 15) is 14.4 Å². The molecule has 0 aromatic carbocycles. The van der Waals surface area contributed by atoms with E-state index in [0.29, 0.717) is 26.5 Å². The molecule has 24 heavy (non-hydrogen) atoms. The zero-order valence-electron chi connectivity index (χ0n) is 14.2. The Bertz CT molecular complexity index is 821. The molecule has 0 aliphatic carbocycles. The van der Waals surface area contributed by atoms with E-state index in [1.54, 1.807) is 13.8 Å². The van der Waals surface area contributed by atoms with Crippen LogP contribution in [0.1, 0.15) is 47.7 Å². The maximum atomic E-state index is 12.2. The maximum absolute atomic E-state index is 12.2. The number of hydrogen-bond acceptors (Lipinski definition) is 6. The maximum Gasteiger partial charge on any atom is 0.349 e. The number of fused-ring (bicyclic) bond motifs is 1. The molecule has 1 amide bonds. The minimum absolute atomic E-state index is 0.0768. The Morgan fingerprint density at radius 3 is 2.58 bits per heavy atom. The van der Waals surface area contributed by atoms with Crippen molar-refractivity contribution in [3.05, 3.63) is 26.6 Å². The number of aryl methyl sites for hydroxylation is 2. The second kappa shape index (κ2) is 7.57. The van der Waals surface area contributed by atoms with Gasteiger partial charge in [-0.25, -0.2) is 9.78 Å². The summed E-state index contributed by atoms with van der Waals surface area (Å²) < 4.78 is 5.08. The highest BCUT2D eigenvalue weighted by molar-refractivity contribution is 7.20. The van der Waals surface area contributed by atoms with Crippen LogP contribution in [0.4, 0.5) is 0 Å². The average molecular weight is 351 g/mol. The number of aromatic nitrogens is 2. The number of nitrogens with zero attached hydrogens (tertiary/aromatic N) is 1. The largest absolute Gasteiger partial charge is 0.451 e. The summed E-state index contributed by atoms with van der Waals surface area (Å²) in [4.78, 5) is 43.7. The van der Waals surface area contributed by atoms with Gasteiger partial charge in [0.25, 0.3) is 11.5 Å². The lowest BCUT2D eigenvalue weighted by Gasteiger charge is -2.14. The number of carbonyl (C=O) groups excluding carboxylic acids is 2. The Morgan fingerprint density at radius 1 is 1.29 bits per heavy atom. The second-order valence-corrected chi connectivity index (χ2v) is 6.54. The van der Waals surface area contributed by atoms with Crippen LogP contribution in [0.5, 0.6) is 0 Å². The standard InChI is InChI=1S/C16H21N3O4S/c1-5-10(6-2)19-11(20)7-23-16(22)13-8(3)12-14(21)17-9(4)18-15(12)24-13/h10H,5-7H2,1-4H3,(H,19,20)(H,17,18,21). The number of esters is 1. The van der Waals surface area contributed by atoms with Gasteiger partial charge >= 0.3 is 5.97 Å². The molecular weight excluding hydrogens is 330 g/mol. The third-order valence-corrected chi connectivity index (χ3v) is 4.96. The first-order valence-corrected chi connectivity index (χ1v) is 8.65. The molecule has 8 heteroatoms. The quantitative estimate of drug-likeness (QED) is 0.776. The molecule has 0 unspecified atom stereocenters. The molecule has 130 valence electrons. The molecule has 0 spiro atoms. The van der Waals surface area contributed by atoms with E-state index in [4.69, 9.17) is 4.74 Å². The first-order chi connectivity index (χ1) is 11.4. The fraction of sp³-hybridized carbons (Fsp3) is 0.500. The van der Waals surface area contributed by atoms with Gasteiger partial charge in [0.15, 0.2) is 6.61 Å². The summed E-state index contributed by atoms with van der Waals surface area (Å²) in [6.07, 6.45) is 1.64. The molecule has 2 rings (SSSR count). The summed E-state index contributed by atoms with van der Waals surface area (Å²) in [6, 6.07) is 0.0768. The van der Waals surface area contributed by atoms with E-state index < -0.39 is 5.97 Å². The Balaban J connectivity index is 2.12. The molecular formula is C16H21N3O4S. The number of H-pyrrole nitrogens is 1. The average Bonchev–Trinajstić information content (AvgIpc) is 2.87. The predicted molar refractivity (Wildman–Crippen MR) is 92.5 cm³/mol. The van der Waals surface area contributed by atoms with Crippen molar-refractivity contribution in [1.82, 2.24) is 15.3 Å². The normalized spacial score (nSPS) is 11.0. The van der Waals surface area contributed by atoms with Crippen LogP contribution in [0.3, 0.4) is 0 Å². The summed E-state index contributed by atoms with van der Waals surface area (Å²) in [5.74, 6) is -0.465.